The van der Waals surface area contributed by atoms with Crippen molar-refractivity contribution in [3.8, 4) is 5.75 Å². The predicted molar refractivity (Wildman–Crippen MR) is 131 cm³/mol. The summed E-state index contributed by atoms with van der Waals surface area (Å²) < 4.78 is 5.49. The van der Waals surface area contributed by atoms with E-state index in [1.165, 1.54) is 11.8 Å². The molecule has 0 saturated carbocycles. The number of carbonyl (C=O) groups is 2. The van der Waals surface area contributed by atoms with Crippen molar-refractivity contribution in [3.05, 3.63) is 48.0 Å². The summed E-state index contributed by atoms with van der Waals surface area (Å²) in [4.78, 5) is 29.5. The fraction of sp³-hybridized carbons (Fsp3) is 0.417. The molecule has 2 aromatic carbocycles. The molecule has 0 atom stereocenters. The Hall–Kier alpha value is -2.71. The summed E-state index contributed by atoms with van der Waals surface area (Å²) in [5.74, 6) is 1.00. The molecule has 0 radical (unpaired) electrons. The highest BCUT2D eigenvalue weighted by Gasteiger charge is 2.19. The summed E-state index contributed by atoms with van der Waals surface area (Å²) in [6, 6.07) is 12.9. The Labute approximate surface area is 194 Å². The van der Waals surface area contributed by atoms with E-state index in [1.807, 2.05) is 36.6 Å². The molecule has 3 N–H and O–H groups in total. The first kappa shape index (κ1) is 23.9. The molecule has 172 valence electrons. The monoisotopic (exact) mass is 456 g/mol. The third kappa shape index (κ3) is 6.40. The van der Waals surface area contributed by atoms with Crippen molar-refractivity contribution < 1.29 is 14.3 Å². The number of carbonyl (C=O) groups excluding carboxylic acids is 2. The molecule has 0 aromatic heterocycles. The Morgan fingerprint density at radius 3 is 2.53 bits per heavy atom. The summed E-state index contributed by atoms with van der Waals surface area (Å²) in [5, 5.41) is 2.60. The summed E-state index contributed by atoms with van der Waals surface area (Å²) in [6.07, 6.45) is 4.24. The van der Waals surface area contributed by atoms with Gasteiger partial charge in [0, 0.05) is 43.1 Å². The van der Waals surface area contributed by atoms with E-state index in [0.717, 1.165) is 61.9 Å². The van der Waals surface area contributed by atoms with Crippen LogP contribution in [0.4, 0.5) is 16.2 Å². The average Bonchev–Trinajstić information content (AvgIpc) is 2.81. The number of rotatable bonds is 10. The number of para-hydroxylation sites is 2. The van der Waals surface area contributed by atoms with Gasteiger partial charge in [0.2, 0.25) is 0 Å². The van der Waals surface area contributed by atoms with E-state index in [4.69, 9.17) is 10.5 Å². The fourth-order valence-corrected chi connectivity index (χ4v) is 4.51. The number of nitrogens with one attached hydrogen (secondary N) is 1. The number of hydrogen-bond donors (Lipinski definition) is 2. The molecule has 7 nitrogen and oxygen atoms in total. The van der Waals surface area contributed by atoms with Gasteiger partial charge in [0.1, 0.15) is 5.75 Å². The maximum atomic E-state index is 12.6. The van der Waals surface area contributed by atoms with Crippen LogP contribution in [-0.2, 0) is 0 Å². The molecule has 0 spiro atoms. The Morgan fingerprint density at radius 1 is 1.09 bits per heavy atom. The average molecular weight is 457 g/mol. The number of amides is 2. The number of urea groups is 1. The number of benzene rings is 2. The van der Waals surface area contributed by atoms with Crippen LogP contribution in [0.25, 0.3) is 0 Å². The predicted octanol–water partition coefficient (Wildman–Crippen LogP) is 4.08. The lowest BCUT2D eigenvalue weighted by Crippen LogP contribution is -2.46. The molecule has 2 amide bonds. The van der Waals surface area contributed by atoms with Crippen LogP contribution < -0.4 is 20.7 Å². The lowest BCUT2D eigenvalue weighted by molar-refractivity contribution is 0.0977. The van der Waals surface area contributed by atoms with E-state index in [0.29, 0.717) is 17.7 Å². The van der Waals surface area contributed by atoms with Crippen molar-refractivity contribution >= 4 is 35.0 Å². The van der Waals surface area contributed by atoms with Crippen LogP contribution in [0.1, 0.15) is 29.6 Å². The van der Waals surface area contributed by atoms with Crippen LogP contribution in [0.15, 0.2) is 47.4 Å². The minimum atomic E-state index is -0.629. The topological polar surface area (TPSA) is 87.9 Å². The Balaban J connectivity index is 1.42. The quantitative estimate of drug-likeness (QED) is 0.318. The van der Waals surface area contributed by atoms with Crippen LogP contribution >= 0.6 is 11.8 Å². The first-order valence-electron chi connectivity index (χ1n) is 10.9. The van der Waals surface area contributed by atoms with Crippen molar-refractivity contribution in [2.45, 2.75) is 24.2 Å². The van der Waals surface area contributed by atoms with E-state index < -0.39 is 6.03 Å². The van der Waals surface area contributed by atoms with Crippen molar-refractivity contribution in [2.75, 3.05) is 56.3 Å². The van der Waals surface area contributed by atoms with Crippen LogP contribution in [0.2, 0.25) is 0 Å². The van der Waals surface area contributed by atoms with Crippen LogP contribution in [0, 0.1) is 0 Å². The van der Waals surface area contributed by atoms with E-state index >= 15 is 0 Å². The lowest BCUT2D eigenvalue weighted by atomic mass is 10.0. The molecular formula is C24H32N4O3S. The molecule has 32 heavy (non-hydrogen) atoms. The number of nitrogens with two attached hydrogens (primary N) is 1. The number of unbranched alkanes of at least 4 members (excludes halogenated alkanes) is 1. The molecule has 1 heterocycles. The van der Waals surface area contributed by atoms with Crippen molar-refractivity contribution in [2.24, 2.45) is 5.73 Å². The first-order valence-corrected chi connectivity index (χ1v) is 12.1. The van der Waals surface area contributed by atoms with Gasteiger partial charge in [-0.3, -0.25) is 9.69 Å². The number of methoxy groups -OCH3 is 1. The molecule has 1 aliphatic heterocycles. The molecule has 0 unspecified atom stereocenters. The number of ether oxygens (including phenoxy) is 1. The van der Waals surface area contributed by atoms with Gasteiger partial charge in [0.05, 0.1) is 18.5 Å². The molecule has 2 aromatic rings. The van der Waals surface area contributed by atoms with E-state index in [2.05, 4.69) is 21.2 Å². The van der Waals surface area contributed by atoms with Gasteiger partial charge in [-0.25, -0.2) is 4.79 Å². The Bertz CT molecular complexity index is 929. The van der Waals surface area contributed by atoms with Gasteiger partial charge in [-0.15, -0.1) is 11.8 Å². The Kier molecular flexibility index (Phi) is 8.81. The zero-order valence-corrected chi connectivity index (χ0v) is 19.6. The van der Waals surface area contributed by atoms with E-state index in [9.17, 15) is 9.59 Å². The highest BCUT2D eigenvalue weighted by atomic mass is 32.2. The van der Waals surface area contributed by atoms with Gasteiger partial charge >= 0.3 is 6.03 Å². The number of primary amides is 1. The highest BCUT2D eigenvalue weighted by Crippen LogP contribution is 2.29. The highest BCUT2D eigenvalue weighted by molar-refractivity contribution is 7.98. The van der Waals surface area contributed by atoms with Crippen molar-refractivity contribution in [1.82, 2.24) is 4.90 Å². The third-order valence-electron chi connectivity index (χ3n) is 5.71. The molecular weight excluding hydrogens is 424 g/mol. The van der Waals surface area contributed by atoms with E-state index in [1.54, 1.807) is 13.2 Å². The lowest BCUT2D eigenvalue weighted by Gasteiger charge is -2.36. The maximum absolute atomic E-state index is 12.6. The smallest absolute Gasteiger partial charge is 0.316 e. The minimum absolute atomic E-state index is 0.0890. The molecule has 1 fully saturated rings. The molecule has 0 bridgehead atoms. The Morgan fingerprint density at radius 2 is 1.84 bits per heavy atom. The van der Waals surface area contributed by atoms with Gasteiger partial charge in [-0.2, -0.15) is 0 Å². The molecule has 0 aliphatic carbocycles. The summed E-state index contributed by atoms with van der Waals surface area (Å²) in [5.41, 5.74) is 7.59. The number of hydrogen-bond acceptors (Lipinski definition) is 6. The largest absolute Gasteiger partial charge is 0.495 e. The summed E-state index contributed by atoms with van der Waals surface area (Å²) in [7, 11) is 1.71. The number of piperazine rings is 1. The second kappa shape index (κ2) is 11.8. The third-order valence-corrected chi connectivity index (χ3v) is 6.50. The SMILES string of the molecule is COc1ccccc1N1CCN(CCCCC(=O)c2ccc(SC)c(NC(N)=O)c2)CC1. The van der Waals surface area contributed by atoms with Crippen LogP contribution in [-0.4, -0.2) is 62.8 Å². The molecule has 3 rings (SSSR count). The fourth-order valence-electron chi connectivity index (χ4n) is 3.98. The van der Waals surface area contributed by atoms with E-state index in [-0.39, 0.29) is 5.78 Å². The zero-order valence-electron chi connectivity index (χ0n) is 18.8. The number of Topliss-reactive ketones (excluding diaryl/α,β-unsaturated/α-hetero) is 1. The van der Waals surface area contributed by atoms with Gasteiger partial charge in [-0.05, 0) is 49.9 Å². The van der Waals surface area contributed by atoms with Crippen molar-refractivity contribution in [1.29, 1.82) is 0 Å². The molecule has 8 heteroatoms. The van der Waals surface area contributed by atoms with Gasteiger partial charge < -0.3 is 20.7 Å². The van der Waals surface area contributed by atoms with Gasteiger partial charge in [0.15, 0.2) is 5.78 Å². The van der Waals surface area contributed by atoms with Crippen LogP contribution in [0.3, 0.4) is 0 Å². The van der Waals surface area contributed by atoms with Crippen LogP contribution in [0.5, 0.6) is 5.75 Å². The first-order chi connectivity index (χ1) is 15.5. The number of thioether (sulfide) groups is 1. The number of nitrogens with zero attached hydrogens (tertiary/aromatic N) is 2. The number of ketones is 1. The summed E-state index contributed by atoms with van der Waals surface area (Å²) in [6.45, 7) is 4.94. The summed E-state index contributed by atoms with van der Waals surface area (Å²) >= 11 is 1.50. The molecule has 1 saturated heterocycles. The number of anilines is 2. The van der Waals surface area contributed by atoms with Gasteiger partial charge in [0.25, 0.3) is 0 Å². The second-order valence-corrected chi connectivity index (χ2v) is 8.63. The normalized spacial score (nSPS) is 14.2. The zero-order chi connectivity index (χ0) is 22.9. The molecule has 1 aliphatic rings. The maximum Gasteiger partial charge on any atom is 0.316 e. The minimum Gasteiger partial charge on any atom is -0.495 e. The second-order valence-electron chi connectivity index (χ2n) is 7.79. The van der Waals surface area contributed by atoms with Gasteiger partial charge in [-0.1, -0.05) is 18.2 Å². The van der Waals surface area contributed by atoms with Crippen molar-refractivity contribution in [3.63, 3.8) is 0 Å². The standard InChI is InChI=1S/C24H32N4O3S/c1-31-22-9-4-3-7-20(22)28-15-13-27(14-16-28)12-6-5-8-21(29)18-10-11-23(32-2)19(17-18)26-24(25)30/h3-4,7,9-11,17H,5-6,8,12-16H2,1-2H3,(H3,25,26,30).